The fraction of sp³-hybridized carbons (Fsp3) is 0.148. The van der Waals surface area contributed by atoms with E-state index in [1.54, 1.807) is 7.11 Å². The minimum absolute atomic E-state index is 0.210. The average Bonchev–Trinajstić information content (AvgIpc) is 3.43. The number of methoxy groups -OCH3 is 1. The molecule has 3 aromatic carbocycles. The monoisotopic (exact) mass is 485 g/mol. The molecular formula is C27H23N3O4S. The smallest absolute Gasteiger partial charge is 0.291 e. The van der Waals surface area contributed by atoms with E-state index in [1.165, 1.54) is 15.9 Å². The molecule has 0 spiro atoms. The number of aromatic nitrogens is 3. The number of ether oxygens (including phenoxy) is 3. The lowest BCUT2D eigenvalue weighted by Crippen LogP contribution is -2.23. The van der Waals surface area contributed by atoms with Crippen LogP contribution in [0.1, 0.15) is 18.1 Å². The Balaban J connectivity index is 1.39. The zero-order valence-corrected chi connectivity index (χ0v) is 20.1. The van der Waals surface area contributed by atoms with E-state index in [2.05, 4.69) is 10.1 Å². The highest BCUT2D eigenvalue weighted by molar-refractivity contribution is 7.15. The van der Waals surface area contributed by atoms with Crippen LogP contribution in [-0.2, 0) is 6.61 Å². The first kappa shape index (κ1) is 22.6. The van der Waals surface area contributed by atoms with Crippen molar-refractivity contribution >= 4 is 22.4 Å². The Kier molecular flexibility index (Phi) is 6.45. The highest BCUT2D eigenvalue weighted by atomic mass is 32.1. The minimum atomic E-state index is -0.210. The van der Waals surface area contributed by atoms with Gasteiger partial charge in [0.1, 0.15) is 12.4 Å². The van der Waals surface area contributed by atoms with E-state index in [9.17, 15) is 4.79 Å². The minimum Gasteiger partial charge on any atom is -0.494 e. The van der Waals surface area contributed by atoms with Crippen molar-refractivity contribution in [1.29, 1.82) is 0 Å². The van der Waals surface area contributed by atoms with Gasteiger partial charge in [0, 0.05) is 5.56 Å². The van der Waals surface area contributed by atoms with Gasteiger partial charge in [-0.1, -0.05) is 47.7 Å². The summed E-state index contributed by atoms with van der Waals surface area (Å²) in [7, 11) is 1.60. The van der Waals surface area contributed by atoms with Crippen molar-refractivity contribution in [2.75, 3.05) is 13.7 Å². The Bertz CT molecular complexity index is 1560. The molecule has 0 aliphatic rings. The van der Waals surface area contributed by atoms with Crippen LogP contribution in [-0.4, -0.2) is 28.3 Å². The third-order valence-corrected chi connectivity index (χ3v) is 6.29. The average molecular weight is 486 g/mol. The molecule has 2 aromatic heterocycles. The number of benzene rings is 3. The molecule has 0 unspecified atom stereocenters. The molecule has 35 heavy (non-hydrogen) atoms. The zero-order valence-electron chi connectivity index (χ0n) is 19.3. The molecule has 0 atom stereocenters. The van der Waals surface area contributed by atoms with E-state index in [4.69, 9.17) is 14.2 Å². The number of hydrogen-bond donors (Lipinski definition) is 0. The molecule has 0 bridgehead atoms. The molecule has 176 valence electrons. The van der Waals surface area contributed by atoms with E-state index in [-0.39, 0.29) is 5.56 Å². The second-order valence-electron chi connectivity index (χ2n) is 7.69. The van der Waals surface area contributed by atoms with Gasteiger partial charge in [0.15, 0.2) is 17.3 Å². The van der Waals surface area contributed by atoms with Crippen molar-refractivity contribution < 1.29 is 14.2 Å². The van der Waals surface area contributed by atoms with Gasteiger partial charge in [-0.05, 0) is 60.5 Å². The second kappa shape index (κ2) is 9.99. The summed E-state index contributed by atoms with van der Waals surface area (Å²) < 4.78 is 18.8. The molecule has 0 aliphatic heterocycles. The molecule has 0 fully saturated rings. The predicted molar refractivity (Wildman–Crippen MR) is 136 cm³/mol. The highest BCUT2D eigenvalue weighted by Gasteiger charge is 2.13. The van der Waals surface area contributed by atoms with Gasteiger partial charge in [0.2, 0.25) is 4.96 Å². The van der Waals surface area contributed by atoms with Gasteiger partial charge in [0.25, 0.3) is 5.56 Å². The molecule has 0 aliphatic carbocycles. The topological polar surface area (TPSA) is 75.0 Å². The van der Waals surface area contributed by atoms with Crippen LogP contribution in [0.5, 0.6) is 17.2 Å². The van der Waals surface area contributed by atoms with Crippen molar-refractivity contribution in [3.8, 4) is 28.6 Å². The molecule has 7 nitrogen and oxygen atoms in total. The molecule has 0 amide bonds. The van der Waals surface area contributed by atoms with Crippen LogP contribution in [0.2, 0.25) is 0 Å². The van der Waals surface area contributed by atoms with Crippen molar-refractivity contribution in [2.45, 2.75) is 13.5 Å². The van der Waals surface area contributed by atoms with Crippen LogP contribution >= 0.6 is 11.3 Å². The van der Waals surface area contributed by atoms with Gasteiger partial charge >= 0.3 is 0 Å². The van der Waals surface area contributed by atoms with E-state index >= 15 is 0 Å². The number of fused-ring (bicyclic) bond motifs is 1. The standard InChI is InChI=1S/C27H23N3O4S/c1-3-33-21-12-10-20(11-13-21)25-28-27-30(29-25)26(31)24(35-27)16-19-9-14-22(23(15-19)32-2)34-17-18-7-5-4-6-8-18/h4-16H,3,17H2,1-2H3. The number of nitrogens with zero attached hydrogens (tertiary/aromatic N) is 3. The molecule has 0 saturated heterocycles. The lowest BCUT2D eigenvalue weighted by molar-refractivity contribution is 0.284. The van der Waals surface area contributed by atoms with Gasteiger partial charge in [-0.2, -0.15) is 9.50 Å². The van der Waals surface area contributed by atoms with E-state index in [0.29, 0.717) is 40.0 Å². The highest BCUT2D eigenvalue weighted by Crippen LogP contribution is 2.29. The van der Waals surface area contributed by atoms with Gasteiger partial charge in [-0.3, -0.25) is 4.79 Å². The van der Waals surface area contributed by atoms with Gasteiger partial charge in [0.05, 0.1) is 18.2 Å². The van der Waals surface area contributed by atoms with Crippen molar-refractivity contribution in [3.63, 3.8) is 0 Å². The van der Waals surface area contributed by atoms with Crippen LogP contribution in [0, 0.1) is 0 Å². The third-order valence-electron chi connectivity index (χ3n) is 5.33. The second-order valence-corrected chi connectivity index (χ2v) is 8.70. The summed E-state index contributed by atoms with van der Waals surface area (Å²) >= 11 is 1.30. The summed E-state index contributed by atoms with van der Waals surface area (Å²) in [5.74, 6) is 2.52. The largest absolute Gasteiger partial charge is 0.494 e. The Labute approximate surface area is 205 Å². The fourth-order valence-electron chi connectivity index (χ4n) is 3.60. The number of thiazole rings is 1. The SMILES string of the molecule is CCOc1ccc(-c2nc3sc(=Cc4ccc(OCc5ccccc5)c(OC)c4)c(=O)n3n2)cc1. The van der Waals surface area contributed by atoms with Crippen LogP contribution in [0.3, 0.4) is 0 Å². The van der Waals surface area contributed by atoms with Crippen LogP contribution in [0.4, 0.5) is 0 Å². The van der Waals surface area contributed by atoms with Crippen LogP contribution in [0.15, 0.2) is 77.6 Å². The third kappa shape index (κ3) is 4.88. The zero-order chi connectivity index (χ0) is 24.2. The fourth-order valence-corrected chi connectivity index (χ4v) is 4.51. The maximum absolute atomic E-state index is 13.0. The van der Waals surface area contributed by atoms with Gasteiger partial charge < -0.3 is 14.2 Å². The molecule has 5 aromatic rings. The molecule has 0 N–H and O–H groups in total. The van der Waals surface area contributed by atoms with E-state index in [1.807, 2.05) is 85.8 Å². The Hall–Kier alpha value is -4.17. The number of rotatable bonds is 8. The summed E-state index contributed by atoms with van der Waals surface area (Å²) in [5.41, 5.74) is 2.51. The molecular weight excluding hydrogens is 462 g/mol. The molecule has 0 radical (unpaired) electrons. The van der Waals surface area contributed by atoms with E-state index in [0.717, 1.165) is 22.4 Å². The lowest BCUT2D eigenvalue weighted by Gasteiger charge is -2.11. The summed E-state index contributed by atoms with van der Waals surface area (Å²) in [6.45, 7) is 2.98. The molecule has 0 saturated carbocycles. The normalized spacial score (nSPS) is 11.7. The summed E-state index contributed by atoms with van der Waals surface area (Å²) in [4.78, 5) is 18.1. The predicted octanol–water partition coefficient (Wildman–Crippen LogP) is 4.35. The Morgan fingerprint density at radius 1 is 0.971 bits per heavy atom. The Morgan fingerprint density at radius 2 is 1.77 bits per heavy atom. The van der Waals surface area contributed by atoms with Crippen molar-refractivity contribution in [3.05, 3.63) is 98.8 Å². The maximum atomic E-state index is 13.0. The van der Waals surface area contributed by atoms with E-state index < -0.39 is 0 Å². The first-order valence-corrected chi connectivity index (χ1v) is 12.0. The lowest BCUT2D eigenvalue weighted by atomic mass is 10.2. The van der Waals surface area contributed by atoms with Gasteiger partial charge in [-0.25, -0.2) is 0 Å². The summed E-state index contributed by atoms with van der Waals surface area (Å²) in [6, 6.07) is 23.0. The van der Waals surface area contributed by atoms with Crippen molar-refractivity contribution in [1.82, 2.24) is 14.6 Å². The quantitative estimate of drug-likeness (QED) is 0.325. The maximum Gasteiger partial charge on any atom is 0.291 e. The summed E-state index contributed by atoms with van der Waals surface area (Å²) in [5, 5.41) is 4.42. The number of hydrogen-bond acceptors (Lipinski definition) is 7. The first-order chi connectivity index (χ1) is 17.1. The van der Waals surface area contributed by atoms with Gasteiger partial charge in [-0.15, -0.1) is 5.10 Å². The first-order valence-electron chi connectivity index (χ1n) is 11.1. The van der Waals surface area contributed by atoms with Crippen LogP contribution in [0.25, 0.3) is 22.4 Å². The molecule has 8 heteroatoms. The van der Waals surface area contributed by atoms with Crippen molar-refractivity contribution in [2.24, 2.45) is 0 Å². The Morgan fingerprint density at radius 3 is 2.49 bits per heavy atom. The summed E-state index contributed by atoms with van der Waals surface area (Å²) in [6.07, 6.45) is 1.81. The van der Waals surface area contributed by atoms with Crippen LogP contribution < -0.4 is 24.3 Å². The molecule has 2 heterocycles. The molecule has 5 rings (SSSR count).